The highest BCUT2D eigenvalue weighted by atomic mass is 32.2. The van der Waals surface area contributed by atoms with Crippen LogP contribution in [0.15, 0.2) is 29.2 Å². The highest BCUT2D eigenvalue weighted by Crippen LogP contribution is 2.23. The molecule has 0 bridgehead atoms. The zero-order valence-corrected chi connectivity index (χ0v) is 14.2. The number of nitrogens with one attached hydrogen (secondary N) is 1. The molecule has 126 valence electrons. The zero-order chi connectivity index (χ0) is 16.6. The van der Waals surface area contributed by atoms with Crippen molar-refractivity contribution in [1.82, 2.24) is 9.62 Å². The van der Waals surface area contributed by atoms with E-state index in [1.165, 1.54) is 12.1 Å². The number of sulfonamides is 1. The van der Waals surface area contributed by atoms with Gasteiger partial charge >= 0.3 is 0 Å². The van der Waals surface area contributed by atoms with Gasteiger partial charge in [-0.1, -0.05) is 0 Å². The molecule has 1 aliphatic carbocycles. The molecule has 2 unspecified atom stereocenters. The van der Waals surface area contributed by atoms with Crippen LogP contribution in [0.25, 0.3) is 0 Å². The summed E-state index contributed by atoms with van der Waals surface area (Å²) < 4.78 is 32.4. The Morgan fingerprint density at radius 2 is 1.87 bits per heavy atom. The number of nitrogens with zero attached hydrogens (tertiary/aromatic N) is 1. The second-order valence-electron chi connectivity index (χ2n) is 6.37. The Morgan fingerprint density at radius 3 is 2.48 bits per heavy atom. The first-order valence-electron chi connectivity index (χ1n) is 7.92. The third kappa shape index (κ3) is 3.73. The number of ether oxygens (including phenoxy) is 1. The maximum absolute atomic E-state index is 12.6. The largest absolute Gasteiger partial charge is 0.375 e. The lowest BCUT2D eigenvalue weighted by molar-refractivity contribution is -0.0387. The minimum atomic E-state index is -3.48. The molecule has 2 fully saturated rings. The third-order valence-corrected chi connectivity index (χ3v) is 5.72. The molecule has 0 spiro atoms. The summed E-state index contributed by atoms with van der Waals surface area (Å²) in [5.41, 5.74) is 0.497. The van der Waals surface area contributed by atoms with E-state index in [0.29, 0.717) is 18.7 Å². The van der Waals surface area contributed by atoms with Crippen molar-refractivity contribution in [2.24, 2.45) is 0 Å². The Labute approximate surface area is 136 Å². The molecular formula is C16H22N2O4S. The first-order valence-corrected chi connectivity index (χ1v) is 9.40. The standard InChI is InChI=1S/C16H22N2O4S/c1-11-10-22-12(2)9-18(11)16(19)13-3-7-15(8-4-13)23(20,21)17-14-5-6-14/h3-4,7-8,11-12,14,17H,5-6,9-10H2,1-2H3. The van der Waals surface area contributed by atoms with Crippen LogP contribution >= 0.6 is 0 Å². The summed E-state index contributed by atoms with van der Waals surface area (Å²) >= 11 is 0. The van der Waals surface area contributed by atoms with Crippen LogP contribution in [0.3, 0.4) is 0 Å². The molecule has 1 amide bonds. The van der Waals surface area contributed by atoms with Crippen molar-refractivity contribution >= 4 is 15.9 Å². The maximum atomic E-state index is 12.6. The average Bonchev–Trinajstić information content (AvgIpc) is 3.32. The van der Waals surface area contributed by atoms with Gasteiger partial charge in [0.15, 0.2) is 0 Å². The maximum Gasteiger partial charge on any atom is 0.254 e. The van der Waals surface area contributed by atoms with Crippen LogP contribution in [0.5, 0.6) is 0 Å². The number of hydrogen-bond donors (Lipinski definition) is 1. The van der Waals surface area contributed by atoms with Gasteiger partial charge in [-0.3, -0.25) is 4.79 Å². The Kier molecular flexibility index (Phi) is 4.44. The predicted molar refractivity (Wildman–Crippen MR) is 85.7 cm³/mol. The second-order valence-corrected chi connectivity index (χ2v) is 8.08. The SMILES string of the molecule is CC1CN(C(=O)c2ccc(S(=O)(=O)NC3CC3)cc2)C(C)CO1. The summed E-state index contributed by atoms with van der Waals surface area (Å²) in [6.07, 6.45) is 1.80. The van der Waals surface area contributed by atoms with Crippen LogP contribution in [0.2, 0.25) is 0 Å². The van der Waals surface area contributed by atoms with E-state index in [1.54, 1.807) is 17.0 Å². The van der Waals surface area contributed by atoms with Crippen molar-refractivity contribution in [3.8, 4) is 0 Å². The lowest BCUT2D eigenvalue weighted by Crippen LogP contribution is -2.50. The molecule has 1 aromatic carbocycles. The first-order chi connectivity index (χ1) is 10.9. The Hall–Kier alpha value is -1.44. The summed E-state index contributed by atoms with van der Waals surface area (Å²) in [6, 6.07) is 6.22. The summed E-state index contributed by atoms with van der Waals surface area (Å²) in [6.45, 7) is 4.95. The van der Waals surface area contributed by atoms with Crippen molar-refractivity contribution in [2.45, 2.75) is 49.8 Å². The summed E-state index contributed by atoms with van der Waals surface area (Å²) in [5, 5.41) is 0. The van der Waals surface area contributed by atoms with Crippen LogP contribution in [0.4, 0.5) is 0 Å². The van der Waals surface area contributed by atoms with Crippen molar-refractivity contribution in [3.63, 3.8) is 0 Å². The Bertz CT molecular complexity index is 683. The fraction of sp³-hybridized carbons (Fsp3) is 0.562. The quantitative estimate of drug-likeness (QED) is 0.900. The van der Waals surface area contributed by atoms with E-state index in [9.17, 15) is 13.2 Å². The molecule has 7 heteroatoms. The molecule has 2 atom stereocenters. The Balaban J connectivity index is 1.74. The second kappa shape index (κ2) is 6.22. The summed E-state index contributed by atoms with van der Waals surface area (Å²) in [5.74, 6) is -0.0910. The fourth-order valence-electron chi connectivity index (χ4n) is 2.62. The molecule has 0 aromatic heterocycles. The number of morpholine rings is 1. The molecule has 6 nitrogen and oxygen atoms in total. The van der Waals surface area contributed by atoms with E-state index in [4.69, 9.17) is 4.74 Å². The van der Waals surface area contributed by atoms with E-state index < -0.39 is 10.0 Å². The van der Waals surface area contributed by atoms with Crippen LogP contribution in [-0.4, -0.2) is 50.6 Å². The molecule has 3 rings (SSSR count). The van der Waals surface area contributed by atoms with Gasteiger partial charge in [0, 0.05) is 18.2 Å². The average molecular weight is 338 g/mol. The number of hydrogen-bond acceptors (Lipinski definition) is 4. The van der Waals surface area contributed by atoms with Crippen molar-refractivity contribution in [1.29, 1.82) is 0 Å². The topological polar surface area (TPSA) is 75.7 Å². The van der Waals surface area contributed by atoms with Crippen molar-refractivity contribution < 1.29 is 17.9 Å². The van der Waals surface area contributed by atoms with Gasteiger partial charge in [-0.25, -0.2) is 13.1 Å². The van der Waals surface area contributed by atoms with Gasteiger partial charge in [0.1, 0.15) is 0 Å². The molecular weight excluding hydrogens is 316 g/mol. The minimum absolute atomic E-state index is 0.0116. The fourth-order valence-corrected chi connectivity index (χ4v) is 3.92. The van der Waals surface area contributed by atoms with Crippen LogP contribution < -0.4 is 4.72 Å². The number of rotatable bonds is 4. The van der Waals surface area contributed by atoms with Gasteiger partial charge in [0.2, 0.25) is 10.0 Å². The minimum Gasteiger partial charge on any atom is -0.375 e. The van der Waals surface area contributed by atoms with E-state index in [1.807, 2.05) is 13.8 Å². The highest BCUT2D eigenvalue weighted by Gasteiger charge is 2.30. The van der Waals surface area contributed by atoms with Gasteiger partial charge in [0.05, 0.1) is 23.6 Å². The van der Waals surface area contributed by atoms with Gasteiger partial charge in [-0.2, -0.15) is 0 Å². The smallest absolute Gasteiger partial charge is 0.254 e. The summed E-state index contributed by atoms with van der Waals surface area (Å²) in [4.78, 5) is 14.6. The molecule has 2 aliphatic rings. The number of amides is 1. The van der Waals surface area contributed by atoms with Gasteiger partial charge in [0.25, 0.3) is 5.91 Å². The molecule has 1 aromatic rings. The van der Waals surface area contributed by atoms with Crippen molar-refractivity contribution in [2.75, 3.05) is 13.2 Å². The van der Waals surface area contributed by atoms with E-state index in [0.717, 1.165) is 12.8 Å². The molecule has 0 radical (unpaired) electrons. The highest BCUT2D eigenvalue weighted by molar-refractivity contribution is 7.89. The number of benzene rings is 1. The van der Waals surface area contributed by atoms with Crippen LogP contribution in [-0.2, 0) is 14.8 Å². The molecule has 1 heterocycles. The number of carbonyl (C=O) groups is 1. The zero-order valence-electron chi connectivity index (χ0n) is 13.4. The van der Waals surface area contributed by atoms with Gasteiger partial charge < -0.3 is 9.64 Å². The van der Waals surface area contributed by atoms with Gasteiger partial charge in [-0.05, 0) is 51.0 Å². The van der Waals surface area contributed by atoms with Crippen LogP contribution in [0.1, 0.15) is 37.0 Å². The predicted octanol–water partition coefficient (Wildman–Crippen LogP) is 1.38. The molecule has 1 saturated heterocycles. The first kappa shape index (κ1) is 16.4. The normalized spacial score (nSPS) is 25.4. The Morgan fingerprint density at radius 1 is 1.22 bits per heavy atom. The molecule has 1 N–H and O–H groups in total. The van der Waals surface area contributed by atoms with Crippen molar-refractivity contribution in [3.05, 3.63) is 29.8 Å². The molecule has 1 saturated carbocycles. The van der Waals surface area contributed by atoms with Crippen LogP contribution in [0, 0.1) is 0 Å². The van der Waals surface area contributed by atoms with Gasteiger partial charge in [-0.15, -0.1) is 0 Å². The molecule has 23 heavy (non-hydrogen) atoms. The third-order valence-electron chi connectivity index (χ3n) is 4.18. The van der Waals surface area contributed by atoms with E-state index in [2.05, 4.69) is 4.72 Å². The lowest BCUT2D eigenvalue weighted by atomic mass is 10.1. The lowest BCUT2D eigenvalue weighted by Gasteiger charge is -2.36. The number of carbonyl (C=O) groups excluding carboxylic acids is 1. The monoisotopic (exact) mass is 338 g/mol. The van der Waals surface area contributed by atoms with E-state index in [-0.39, 0.29) is 29.0 Å². The molecule has 1 aliphatic heterocycles. The van der Waals surface area contributed by atoms with E-state index >= 15 is 0 Å². The summed E-state index contributed by atoms with van der Waals surface area (Å²) in [7, 11) is -3.48.